The standard InChI is InChI=1S/C19H18N2O4/c1-23-16-10-6-9-14(18(16)24-2)12-20-19(22)17-11-15(21-25-17)13-7-4-3-5-8-13/h3-11H,12H2,1-2H3,(H,20,22). The Hall–Kier alpha value is -3.28. The Morgan fingerprint density at radius 3 is 2.60 bits per heavy atom. The summed E-state index contributed by atoms with van der Waals surface area (Å²) >= 11 is 0. The van der Waals surface area contributed by atoms with Gasteiger partial charge in [-0.25, -0.2) is 0 Å². The van der Waals surface area contributed by atoms with Gasteiger partial charge in [0.25, 0.3) is 5.91 Å². The van der Waals surface area contributed by atoms with Gasteiger partial charge in [0.15, 0.2) is 11.5 Å². The Bertz CT molecular complexity index is 859. The van der Waals surface area contributed by atoms with Crippen LogP contribution in [-0.4, -0.2) is 25.3 Å². The van der Waals surface area contributed by atoms with E-state index in [1.54, 1.807) is 26.4 Å². The van der Waals surface area contributed by atoms with Gasteiger partial charge in [-0.3, -0.25) is 4.79 Å². The number of carbonyl (C=O) groups is 1. The van der Waals surface area contributed by atoms with Crippen molar-refractivity contribution in [2.45, 2.75) is 6.54 Å². The smallest absolute Gasteiger partial charge is 0.290 e. The number of benzene rings is 2. The molecular formula is C19H18N2O4. The van der Waals surface area contributed by atoms with Gasteiger partial charge < -0.3 is 19.3 Å². The number of methoxy groups -OCH3 is 2. The Kier molecular flexibility index (Phi) is 4.99. The Labute approximate surface area is 145 Å². The highest BCUT2D eigenvalue weighted by atomic mass is 16.5. The number of hydrogen-bond acceptors (Lipinski definition) is 5. The molecule has 0 radical (unpaired) electrons. The third-order valence-electron chi connectivity index (χ3n) is 3.73. The molecule has 3 rings (SSSR count). The summed E-state index contributed by atoms with van der Waals surface area (Å²) in [6.07, 6.45) is 0. The number of nitrogens with zero attached hydrogens (tertiary/aromatic N) is 1. The van der Waals surface area contributed by atoms with Crippen LogP contribution in [0.25, 0.3) is 11.3 Å². The van der Waals surface area contributed by atoms with Crippen LogP contribution < -0.4 is 14.8 Å². The fourth-order valence-corrected chi connectivity index (χ4v) is 2.48. The van der Waals surface area contributed by atoms with Crippen LogP contribution in [0.5, 0.6) is 11.5 Å². The van der Waals surface area contributed by atoms with Gasteiger partial charge in [0.1, 0.15) is 5.69 Å². The summed E-state index contributed by atoms with van der Waals surface area (Å²) in [5, 5.41) is 6.74. The summed E-state index contributed by atoms with van der Waals surface area (Å²) in [6, 6.07) is 16.6. The molecule has 6 heteroatoms. The molecule has 1 amide bonds. The highest BCUT2D eigenvalue weighted by Crippen LogP contribution is 2.30. The highest BCUT2D eigenvalue weighted by molar-refractivity contribution is 5.92. The van der Waals surface area contributed by atoms with Crippen LogP contribution in [0.1, 0.15) is 16.1 Å². The largest absolute Gasteiger partial charge is 0.493 e. The number of aromatic nitrogens is 1. The van der Waals surface area contributed by atoms with Gasteiger partial charge in [-0.15, -0.1) is 0 Å². The first-order chi connectivity index (χ1) is 12.2. The predicted molar refractivity (Wildman–Crippen MR) is 92.7 cm³/mol. The molecule has 25 heavy (non-hydrogen) atoms. The minimum atomic E-state index is -0.348. The molecule has 0 aliphatic carbocycles. The second-order valence-electron chi connectivity index (χ2n) is 5.28. The minimum absolute atomic E-state index is 0.153. The van der Waals surface area contributed by atoms with Gasteiger partial charge in [-0.05, 0) is 6.07 Å². The molecule has 0 spiro atoms. The van der Waals surface area contributed by atoms with Gasteiger partial charge in [0.05, 0.1) is 14.2 Å². The van der Waals surface area contributed by atoms with Crippen LogP contribution in [0.15, 0.2) is 59.1 Å². The molecule has 3 aromatic rings. The number of ether oxygens (including phenoxy) is 2. The Morgan fingerprint density at radius 2 is 1.88 bits per heavy atom. The first-order valence-electron chi connectivity index (χ1n) is 7.73. The van der Waals surface area contributed by atoms with Crippen molar-refractivity contribution in [3.63, 3.8) is 0 Å². The van der Waals surface area contributed by atoms with Crippen LogP contribution in [0, 0.1) is 0 Å². The van der Waals surface area contributed by atoms with E-state index < -0.39 is 0 Å². The molecule has 0 bridgehead atoms. The van der Waals surface area contributed by atoms with Crippen molar-refractivity contribution in [1.29, 1.82) is 0 Å². The first kappa shape index (κ1) is 16.6. The van der Waals surface area contributed by atoms with Crippen molar-refractivity contribution < 1.29 is 18.8 Å². The first-order valence-corrected chi connectivity index (χ1v) is 7.73. The summed E-state index contributed by atoms with van der Waals surface area (Å²) in [5.74, 6) is 1.01. The van der Waals surface area contributed by atoms with Gasteiger partial charge in [-0.2, -0.15) is 0 Å². The molecule has 0 saturated carbocycles. The lowest BCUT2D eigenvalue weighted by molar-refractivity contribution is 0.0913. The fraction of sp³-hybridized carbons (Fsp3) is 0.158. The van der Waals surface area contributed by atoms with Crippen molar-refractivity contribution in [2.75, 3.05) is 14.2 Å². The zero-order valence-corrected chi connectivity index (χ0v) is 14.0. The average Bonchev–Trinajstić information content (AvgIpc) is 3.16. The Balaban J connectivity index is 1.71. The summed E-state index contributed by atoms with van der Waals surface area (Å²) < 4.78 is 15.8. The molecule has 6 nitrogen and oxygen atoms in total. The second-order valence-corrected chi connectivity index (χ2v) is 5.28. The van der Waals surface area contributed by atoms with Crippen molar-refractivity contribution in [3.8, 4) is 22.8 Å². The van der Waals surface area contributed by atoms with Gasteiger partial charge in [0, 0.05) is 23.7 Å². The van der Waals surface area contributed by atoms with Crippen LogP contribution >= 0.6 is 0 Å². The van der Waals surface area contributed by atoms with Crippen molar-refractivity contribution >= 4 is 5.91 Å². The van der Waals surface area contributed by atoms with E-state index in [0.717, 1.165) is 11.1 Å². The lowest BCUT2D eigenvalue weighted by Gasteiger charge is -2.12. The summed E-state index contributed by atoms with van der Waals surface area (Å²) in [5.41, 5.74) is 2.31. The molecule has 0 unspecified atom stereocenters. The molecule has 1 aromatic heterocycles. The van der Waals surface area contributed by atoms with E-state index in [1.807, 2.05) is 42.5 Å². The molecule has 0 saturated heterocycles. The van der Waals surface area contributed by atoms with Crippen LogP contribution in [0.3, 0.4) is 0 Å². The lowest BCUT2D eigenvalue weighted by atomic mass is 10.1. The molecule has 128 valence electrons. The third kappa shape index (κ3) is 3.63. The van der Waals surface area contributed by atoms with E-state index in [-0.39, 0.29) is 18.2 Å². The minimum Gasteiger partial charge on any atom is -0.493 e. The second kappa shape index (κ2) is 7.53. The molecule has 0 atom stereocenters. The number of nitrogens with one attached hydrogen (secondary N) is 1. The number of hydrogen-bond donors (Lipinski definition) is 1. The van der Waals surface area contributed by atoms with Crippen molar-refractivity contribution in [3.05, 3.63) is 65.9 Å². The van der Waals surface area contributed by atoms with Crippen molar-refractivity contribution in [2.24, 2.45) is 0 Å². The quantitative estimate of drug-likeness (QED) is 0.746. The Morgan fingerprint density at radius 1 is 1.08 bits per heavy atom. The molecule has 0 aliphatic rings. The fourth-order valence-electron chi connectivity index (χ4n) is 2.48. The van der Waals surface area contributed by atoms with Crippen LogP contribution in [0.4, 0.5) is 0 Å². The van der Waals surface area contributed by atoms with Crippen LogP contribution in [0.2, 0.25) is 0 Å². The van der Waals surface area contributed by atoms with Crippen molar-refractivity contribution in [1.82, 2.24) is 10.5 Å². The maximum atomic E-state index is 12.3. The van der Waals surface area contributed by atoms with E-state index in [1.165, 1.54) is 0 Å². The third-order valence-corrected chi connectivity index (χ3v) is 3.73. The van der Waals surface area contributed by atoms with E-state index in [4.69, 9.17) is 14.0 Å². The number of para-hydroxylation sites is 1. The number of carbonyl (C=O) groups excluding carboxylic acids is 1. The number of rotatable bonds is 6. The summed E-state index contributed by atoms with van der Waals surface area (Å²) in [6.45, 7) is 0.278. The molecule has 0 aliphatic heterocycles. The molecular weight excluding hydrogens is 320 g/mol. The van der Waals surface area contributed by atoms with Gasteiger partial charge in [-0.1, -0.05) is 47.6 Å². The normalized spacial score (nSPS) is 10.3. The summed E-state index contributed by atoms with van der Waals surface area (Å²) in [4.78, 5) is 12.3. The molecule has 0 fully saturated rings. The molecule has 1 heterocycles. The summed E-state index contributed by atoms with van der Waals surface area (Å²) in [7, 11) is 3.13. The van der Waals surface area contributed by atoms with E-state index in [9.17, 15) is 4.79 Å². The van der Waals surface area contributed by atoms with Crippen LogP contribution in [-0.2, 0) is 6.54 Å². The van der Waals surface area contributed by atoms with Gasteiger partial charge in [0.2, 0.25) is 5.76 Å². The maximum Gasteiger partial charge on any atom is 0.290 e. The van der Waals surface area contributed by atoms with Gasteiger partial charge >= 0.3 is 0 Å². The number of amides is 1. The predicted octanol–water partition coefficient (Wildman–Crippen LogP) is 3.29. The zero-order valence-electron chi connectivity index (χ0n) is 14.0. The molecule has 1 N–H and O–H groups in total. The topological polar surface area (TPSA) is 73.6 Å². The zero-order chi connectivity index (χ0) is 17.6. The highest BCUT2D eigenvalue weighted by Gasteiger charge is 2.15. The van der Waals surface area contributed by atoms with E-state index in [0.29, 0.717) is 17.2 Å². The average molecular weight is 338 g/mol. The SMILES string of the molecule is COc1cccc(CNC(=O)c2cc(-c3ccccc3)no2)c1OC. The van der Waals surface area contributed by atoms with E-state index >= 15 is 0 Å². The van der Waals surface area contributed by atoms with E-state index in [2.05, 4.69) is 10.5 Å². The lowest BCUT2D eigenvalue weighted by Crippen LogP contribution is -2.22. The monoisotopic (exact) mass is 338 g/mol. The molecule has 2 aromatic carbocycles. The maximum absolute atomic E-state index is 12.3.